The highest BCUT2D eigenvalue weighted by Gasteiger charge is 2.14. The first kappa shape index (κ1) is 22.9. The lowest BCUT2D eigenvalue weighted by Crippen LogP contribution is -2.35. The first-order valence-electron chi connectivity index (χ1n) is 9.75. The van der Waals surface area contributed by atoms with Crippen molar-refractivity contribution in [3.8, 4) is 0 Å². The van der Waals surface area contributed by atoms with Gasteiger partial charge in [-0.15, -0.1) is 0 Å². The first-order valence-corrected chi connectivity index (χ1v) is 11.4. The number of unbranched alkanes of at least 4 members (excludes halogenated alkanes) is 14. The summed E-state index contributed by atoms with van der Waals surface area (Å²) in [7, 11) is -3.54. The van der Waals surface area contributed by atoms with E-state index in [0.717, 1.165) is 12.8 Å². The third-order valence-corrected chi connectivity index (χ3v) is 5.59. The Hall–Kier alpha value is -0.130. The summed E-state index contributed by atoms with van der Waals surface area (Å²) in [4.78, 5) is 0. The van der Waals surface area contributed by atoms with Gasteiger partial charge in [-0.3, -0.25) is 0 Å². The second kappa shape index (κ2) is 15.4. The molecule has 0 heterocycles. The summed E-state index contributed by atoms with van der Waals surface area (Å²) in [6.45, 7) is 2.26. The van der Waals surface area contributed by atoms with E-state index in [1.807, 2.05) is 0 Å². The van der Waals surface area contributed by atoms with Gasteiger partial charge in [0, 0.05) is 0 Å². The fourth-order valence-corrected chi connectivity index (χ4v) is 3.38. The number of hydrogen-bond acceptors (Lipinski definition) is 3. The van der Waals surface area contributed by atoms with Crippen molar-refractivity contribution >= 4 is 10.0 Å². The second-order valence-corrected chi connectivity index (χ2v) is 8.65. The quantitative estimate of drug-likeness (QED) is 0.369. The number of nitrogens with two attached hydrogens (primary N) is 2. The van der Waals surface area contributed by atoms with Gasteiger partial charge in [0.2, 0.25) is 10.0 Å². The van der Waals surface area contributed by atoms with Crippen molar-refractivity contribution in [2.24, 2.45) is 10.9 Å². The fraction of sp³-hybridized carbons (Fsp3) is 1.00. The highest BCUT2D eigenvalue weighted by Crippen LogP contribution is 2.14. The Bertz CT molecular complexity index is 345. The summed E-state index contributed by atoms with van der Waals surface area (Å²) in [6, 6.07) is 0. The molecule has 0 fully saturated rings. The largest absolute Gasteiger partial charge is 0.314 e. The molecule has 1 atom stereocenters. The van der Waals surface area contributed by atoms with Crippen molar-refractivity contribution in [3.05, 3.63) is 0 Å². The predicted molar refractivity (Wildman–Crippen MR) is 101 cm³/mol. The van der Waals surface area contributed by atoms with Crippen molar-refractivity contribution in [2.45, 2.75) is 115 Å². The van der Waals surface area contributed by atoms with Crippen LogP contribution in [-0.2, 0) is 10.0 Å². The molecule has 0 saturated heterocycles. The number of hydrogen-bond donors (Lipinski definition) is 2. The molecule has 0 saturated carbocycles. The van der Waals surface area contributed by atoms with Crippen LogP contribution in [0, 0.1) is 0 Å². The minimum atomic E-state index is -3.54. The van der Waals surface area contributed by atoms with Crippen molar-refractivity contribution < 1.29 is 8.42 Å². The van der Waals surface area contributed by atoms with Gasteiger partial charge in [0.05, 0.1) is 0 Å². The van der Waals surface area contributed by atoms with Crippen molar-refractivity contribution in [1.29, 1.82) is 0 Å². The molecule has 0 amide bonds. The summed E-state index contributed by atoms with van der Waals surface area (Å²) in [5.74, 6) is 0. The van der Waals surface area contributed by atoms with E-state index in [4.69, 9.17) is 10.9 Å². The van der Waals surface area contributed by atoms with E-state index in [9.17, 15) is 8.42 Å². The van der Waals surface area contributed by atoms with Gasteiger partial charge in [-0.1, -0.05) is 103 Å². The summed E-state index contributed by atoms with van der Waals surface area (Å²) >= 11 is 0. The second-order valence-electron chi connectivity index (χ2n) is 6.87. The van der Waals surface area contributed by atoms with Gasteiger partial charge in [-0.2, -0.15) is 0 Å². The maximum absolute atomic E-state index is 11.0. The Morgan fingerprint density at radius 1 is 0.652 bits per heavy atom. The van der Waals surface area contributed by atoms with E-state index in [1.165, 1.54) is 83.5 Å². The molecule has 140 valence electrons. The SMILES string of the molecule is CCCCCCCCCCCCCCCCCC(N)S(N)(=O)=O. The lowest BCUT2D eigenvalue weighted by molar-refractivity contribution is 0.524. The minimum absolute atomic E-state index is 0.483. The maximum Gasteiger partial charge on any atom is 0.224 e. The van der Waals surface area contributed by atoms with Gasteiger partial charge in [-0.25, -0.2) is 13.6 Å². The summed E-state index contributed by atoms with van der Waals surface area (Å²) in [6.07, 6.45) is 20.0. The standard InChI is InChI=1S/C18H40N2O2S/c1-2-3-4-5-6-7-8-9-10-11-12-13-14-15-16-17-18(19)23(20,21)22/h18H,2-17,19H2,1H3,(H2,20,21,22). The topological polar surface area (TPSA) is 86.2 Å². The number of rotatable bonds is 17. The highest BCUT2D eigenvalue weighted by atomic mass is 32.2. The Balaban J connectivity index is 3.14. The summed E-state index contributed by atoms with van der Waals surface area (Å²) < 4.78 is 21.9. The van der Waals surface area contributed by atoms with Gasteiger partial charge in [0.25, 0.3) is 0 Å². The predicted octanol–water partition coefficient (Wildman–Crippen LogP) is 4.82. The highest BCUT2D eigenvalue weighted by molar-refractivity contribution is 7.89. The normalized spacial score (nSPS) is 13.3. The molecule has 0 rings (SSSR count). The zero-order valence-corrected chi connectivity index (χ0v) is 16.1. The van der Waals surface area contributed by atoms with Crippen LogP contribution >= 0.6 is 0 Å². The molecule has 0 aromatic heterocycles. The van der Waals surface area contributed by atoms with E-state index in [2.05, 4.69) is 6.92 Å². The lowest BCUT2D eigenvalue weighted by Gasteiger charge is -2.08. The fourth-order valence-electron chi connectivity index (χ4n) is 2.88. The van der Waals surface area contributed by atoms with Gasteiger partial charge in [-0.05, 0) is 6.42 Å². The number of primary sulfonamides is 1. The lowest BCUT2D eigenvalue weighted by atomic mass is 10.0. The van der Waals surface area contributed by atoms with Crippen LogP contribution in [0.4, 0.5) is 0 Å². The molecular formula is C18H40N2O2S. The molecule has 0 aromatic rings. The van der Waals surface area contributed by atoms with Crippen LogP contribution < -0.4 is 10.9 Å². The molecule has 0 bridgehead atoms. The van der Waals surface area contributed by atoms with Crippen LogP contribution in [0.25, 0.3) is 0 Å². The smallest absolute Gasteiger partial charge is 0.224 e. The summed E-state index contributed by atoms with van der Waals surface area (Å²) in [5, 5.41) is 4.10. The maximum atomic E-state index is 11.0. The molecule has 1 unspecified atom stereocenters. The van der Waals surface area contributed by atoms with Crippen LogP contribution in [0.5, 0.6) is 0 Å². The average molecular weight is 349 g/mol. The first-order chi connectivity index (χ1) is 11.0. The van der Waals surface area contributed by atoms with E-state index in [-0.39, 0.29) is 0 Å². The van der Waals surface area contributed by atoms with Crippen molar-refractivity contribution in [3.63, 3.8) is 0 Å². The van der Waals surface area contributed by atoms with Gasteiger partial charge in [0.15, 0.2) is 0 Å². The van der Waals surface area contributed by atoms with E-state index >= 15 is 0 Å². The Morgan fingerprint density at radius 3 is 1.26 bits per heavy atom. The third kappa shape index (κ3) is 16.5. The van der Waals surface area contributed by atoms with Gasteiger partial charge >= 0.3 is 0 Å². The van der Waals surface area contributed by atoms with Crippen LogP contribution in [0.1, 0.15) is 110 Å². The van der Waals surface area contributed by atoms with E-state index < -0.39 is 15.4 Å². The Labute approximate surface area is 144 Å². The zero-order valence-electron chi connectivity index (χ0n) is 15.3. The molecule has 0 aliphatic heterocycles. The minimum Gasteiger partial charge on any atom is -0.314 e. The molecule has 4 nitrogen and oxygen atoms in total. The third-order valence-electron chi connectivity index (χ3n) is 4.51. The molecule has 0 aromatic carbocycles. The summed E-state index contributed by atoms with van der Waals surface area (Å²) in [5.41, 5.74) is 5.49. The van der Waals surface area contributed by atoms with Crippen LogP contribution in [0.3, 0.4) is 0 Å². The van der Waals surface area contributed by atoms with Gasteiger partial charge in [0.1, 0.15) is 5.37 Å². The zero-order chi connectivity index (χ0) is 17.4. The van der Waals surface area contributed by atoms with E-state index in [1.54, 1.807) is 0 Å². The molecule has 5 heteroatoms. The molecule has 0 radical (unpaired) electrons. The average Bonchev–Trinajstić information content (AvgIpc) is 2.50. The molecule has 4 N–H and O–H groups in total. The molecule has 0 aliphatic carbocycles. The van der Waals surface area contributed by atoms with Crippen molar-refractivity contribution in [2.75, 3.05) is 0 Å². The van der Waals surface area contributed by atoms with Crippen LogP contribution in [-0.4, -0.2) is 13.8 Å². The molecular weight excluding hydrogens is 308 g/mol. The Kier molecular flexibility index (Phi) is 15.3. The molecule has 0 spiro atoms. The molecule has 0 aliphatic rings. The monoisotopic (exact) mass is 348 g/mol. The van der Waals surface area contributed by atoms with Crippen LogP contribution in [0.2, 0.25) is 0 Å². The van der Waals surface area contributed by atoms with E-state index in [0.29, 0.717) is 6.42 Å². The molecule has 23 heavy (non-hydrogen) atoms. The van der Waals surface area contributed by atoms with Gasteiger partial charge < -0.3 is 5.73 Å². The van der Waals surface area contributed by atoms with Crippen LogP contribution in [0.15, 0.2) is 0 Å². The number of sulfonamides is 1. The Morgan fingerprint density at radius 2 is 0.957 bits per heavy atom. The van der Waals surface area contributed by atoms with Crippen molar-refractivity contribution in [1.82, 2.24) is 0 Å².